The summed E-state index contributed by atoms with van der Waals surface area (Å²) in [5.41, 5.74) is 0. The van der Waals surface area contributed by atoms with Crippen molar-refractivity contribution in [1.29, 1.82) is 0 Å². The van der Waals surface area contributed by atoms with Gasteiger partial charge in [-0.25, -0.2) is 14.4 Å². The minimum Gasteiger partial charge on any atom is -0.378 e. The molecular formula is C13H16ClFN6O. The minimum absolute atomic E-state index is 0.0316. The van der Waals surface area contributed by atoms with Gasteiger partial charge in [0.25, 0.3) is 0 Å². The second-order valence-electron chi connectivity index (χ2n) is 5.05. The van der Waals surface area contributed by atoms with E-state index >= 15 is 0 Å². The lowest BCUT2D eigenvalue weighted by atomic mass is 10.2. The number of nitrogens with one attached hydrogen (secondary N) is 2. The van der Waals surface area contributed by atoms with Crippen molar-refractivity contribution < 1.29 is 9.13 Å². The molecule has 0 radical (unpaired) electrons. The molecule has 0 aromatic carbocycles. The Morgan fingerprint density at radius 1 is 1.59 bits per heavy atom. The zero-order valence-electron chi connectivity index (χ0n) is 12.0. The van der Waals surface area contributed by atoms with Crippen molar-refractivity contribution >= 4 is 17.4 Å². The molecule has 2 aromatic heterocycles. The molecule has 118 valence electrons. The molecule has 2 N–H and O–H groups in total. The summed E-state index contributed by atoms with van der Waals surface area (Å²) in [7, 11) is 2.01. The van der Waals surface area contributed by atoms with Crippen LogP contribution >= 0.6 is 11.6 Å². The van der Waals surface area contributed by atoms with E-state index in [1.54, 1.807) is 0 Å². The summed E-state index contributed by atoms with van der Waals surface area (Å²) >= 11 is 5.66. The van der Waals surface area contributed by atoms with Crippen molar-refractivity contribution in [1.82, 2.24) is 25.1 Å². The number of anilines is 1. The fraction of sp³-hybridized carbons (Fsp3) is 0.462. The van der Waals surface area contributed by atoms with Gasteiger partial charge in [-0.2, -0.15) is 5.10 Å². The molecule has 1 fully saturated rings. The number of likely N-dealkylation sites (N-methyl/N-ethyl adjacent to an activating group) is 1. The fourth-order valence-corrected chi connectivity index (χ4v) is 2.35. The highest BCUT2D eigenvalue weighted by molar-refractivity contribution is 6.30. The van der Waals surface area contributed by atoms with Gasteiger partial charge >= 0.3 is 0 Å². The molecule has 1 unspecified atom stereocenters. The monoisotopic (exact) mass is 326 g/mol. The number of aromatic amines is 1. The van der Waals surface area contributed by atoms with Crippen LogP contribution in [-0.4, -0.2) is 51.9 Å². The first-order valence-corrected chi connectivity index (χ1v) is 7.25. The van der Waals surface area contributed by atoms with Gasteiger partial charge in [0, 0.05) is 12.7 Å². The number of morpholine rings is 1. The van der Waals surface area contributed by atoms with Crippen molar-refractivity contribution in [3.8, 4) is 0 Å². The topological polar surface area (TPSA) is 79.0 Å². The Morgan fingerprint density at radius 2 is 2.45 bits per heavy atom. The molecule has 0 aliphatic carbocycles. The van der Waals surface area contributed by atoms with Crippen LogP contribution in [0.1, 0.15) is 17.7 Å². The third-order valence-electron chi connectivity index (χ3n) is 3.47. The Labute approximate surface area is 131 Å². The number of aromatic nitrogens is 4. The molecule has 1 atom stereocenters. The van der Waals surface area contributed by atoms with Gasteiger partial charge < -0.3 is 10.1 Å². The third-order valence-corrected chi connectivity index (χ3v) is 3.68. The maximum atomic E-state index is 13.6. The summed E-state index contributed by atoms with van der Waals surface area (Å²) in [6.07, 6.45) is 1.38. The van der Waals surface area contributed by atoms with Crippen molar-refractivity contribution in [2.45, 2.75) is 12.6 Å². The molecule has 0 spiro atoms. The zero-order valence-corrected chi connectivity index (χ0v) is 12.8. The van der Waals surface area contributed by atoms with Crippen molar-refractivity contribution in [2.75, 3.05) is 32.1 Å². The number of pyridine rings is 1. The van der Waals surface area contributed by atoms with Gasteiger partial charge in [-0.15, -0.1) is 0 Å². The Hall–Kier alpha value is -1.77. The lowest BCUT2D eigenvalue weighted by Gasteiger charge is -2.30. The largest absolute Gasteiger partial charge is 0.378 e. The van der Waals surface area contributed by atoms with E-state index in [1.165, 1.54) is 12.3 Å². The average Bonchev–Trinajstić information content (AvgIpc) is 2.95. The van der Waals surface area contributed by atoms with Crippen molar-refractivity contribution in [3.05, 3.63) is 34.8 Å². The van der Waals surface area contributed by atoms with Crippen LogP contribution in [0.5, 0.6) is 0 Å². The van der Waals surface area contributed by atoms with E-state index < -0.39 is 5.82 Å². The first-order valence-electron chi connectivity index (χ1n) is 6.87. The molecule has 7 nitrogen and oxygen atoms in total. The SMILES string of the molecule is CN1CCOCC1c1n[nH]c(CNc2ncc(Cl)cc2F)n1. The zero-order chi connectivity index (χ0) is 15.5. The number of H-pyrrole nitrogens is 1. The van der Waals surface area contributed by atoms with Crippen molar-refractivity contribution in [2.24, 2.45) is 0 Å². The summed E-state index contributed by atoms with van der Waals surface area (Å²) in [5.74, 6) is 0.891. The molecule has 2 aromatic rings. The summed E-state index contributed by atoms with van der Waals surface area (Å²) in [4.78, 5) is 10.5. The predicted molar refractivity (Wildman–Crippen MR) is 79.1 cm³/mol. The number of halogens is 2. The van der Waals surface area contributed by atoms with E-state index in [2.05, 4.69) is 30.4 Å². The molecule has 0 saturated carbocycles. The average molecular weight is 327 g/mol. The fourth-order valence-electron chi connectivity index (χ4n) is 2.21. The Morgan fingerprint density at radius 3 is 3.23 bits per heavy atom. The van der Waals surface area contributed by atoms with E-state index in [1.807, 2.05) is 7.05 Å². The van der Waals surface area contributed by atoms with Crippen LogP contribution in [0.15, 0.2) is 12.3 Å². The summed E-state index contributed by atoms with van der Waals surface area (Å²) < 4.78 is 19.1. The Balaban J connectivity index is 1.64. The van der Waals surface area contributed by atoms with Gasteiger partial charge in [0.1, 0.15) is 5.82 Å². The van der Waals surface area contributed by atoms with E-state index in [0.717, 1.165) is 6.54 Å². The van der Waals surface area contributed by atoms with Gasteiger partial charge in [0.15, 0.2) is 17.5 Å². The van der Waals surface area contributed by atoms with Gasteiger partial charge in [0.2, 0.25) is 0 Å². The number of hydrogen-bond acceptors (Lipinski definition) is 6. The second kappa shape index (κ2) is 6.55. The molecule has 1 saturated heterocycles. The summed E-state index contributed by atoms with van der Waals surface area (Å²) in [5, 5.41) is 10.2. The van der Waals surface area contributed by atoms with E-state index in [4.69, 9.17) is 16.3 Å². The van der Waals surface area contributed by atoms with Crippen LogP contribution in [-0.2, 0) is 11.3 Å². The molecule has 3 heterocycles. The standard InChI is InChI=1S/C13H16ClFN6O/c1-21-2-3-22-7-10(21)13-18-11(19-20-13)6-17-12-9(15)4-8(14)5-16-12/h4-5,10H,2-3,6-7H2,1H3,(H,16,17)(H,18,19,20). The van der Waals surface area contributed by atoms with Crippen molar-refractivity contribution in [3.63, 3.8) is 0 Å². The Kier molecular flexibility index (Phi) is 4.51. The lowest BCUT2D eigenvalue weighted by Crippen LogP contribution is -2.37. The lowest BCUT2D eigenvalue weighted by molar-refractivity contribution is 0.00194. The molecule has 3 rings (SSSR count). The highest BCUT2D eigenvalue weighted by atomic mass is 35.5. The Bertz CT molecular complexity index is 651. The van der Waals surface area contributed by atoms with Crippen LogP contribution in [0, 0.1) is 5.82 Å². The molecule has 1 aliphatic heterocycles. The molecule has 0 bridgehead atoms. The number of rotatable bonds is 4. The quantitative estimate of drug-likeness (QED) is 0.888. The number of hydrogen-bond donors (Lipinski definition) is 2. The van der Waals surface area contributed by atoms with Gasteiger partial charge in [-0.1, -0.05) is 11.6 Å². The van der Waals surface area contributed by atoms with Gasteiger partial charge in [0.05, 0.1) is 30.8 Å². The smallest absolute Gasteiger partial charge is 0.170 e. The number of ether oxygens (including phenoxy) is 1. The molecular weight excluding hydrogens is 311 g/mol. The molecule has 22 heavy (non-hydrogen) atoms. The second-order valence-corrected chi connectivity index (χ2v) is 5.49. The molecule has 1 aliphatic rings. The van der Waals surface area contributed by atoms with Crippen LogP contribution in [0.4, 0.5) is 10.2 Å². The minimum atomic E-state index is -0.507. The van der Waals surface area contributed by atoms with E-state index in [9.17, 15) is 4.39 Å². The first-order chi connectivity index (χ1) is 10.6. The highest BCUT2D eigenvalue weighted by Crippen LogP contribution is 2.19. The first kappa shape index (κ1) is 15.1. The van der Waals surface area contributed by atoms with Crippen LogP contribution in [0.2, 0.25) is 5.02 Å². The van der Waals surface area contributed by atoms with Gasteiger partial charge in [-0.05, 0) is 13.1 Å². The third kappa shape index (κ3) is 3.34. The highest BCUT2D eigenvalue weighted by Gasteiger charge is 2.25. The number of nitrogens with zero attached hydrogens (tertiary/aromatic N) is 4. The van der Waals surface area contributed by atoms with E-state index in [-0.39, 0.29) is 23.4 Å². The maximum Gasteiger partial charge on any atom is 0.170 e. The predicted octanol–water partition coefficient (Wildman–Crippen LogP) is 1.61. The maximum absolute atomic E-state index is 13.6. The normalized spacial score (nSPS) is 19.3. The van der Waals surface area contributed by atoms with Crippen LogP contribution < -0.4 is 5.32 Å². The van der Waals surface area contributed by atoms with Crippen LogP contribution in [0.3, 0.4) is 0 Å². The van der Waals surface area contributed by atoms with E-state index in [0.29, 0.717) is 24.9 Å². The van der Waals surface area contributed by atoms with Gasteiger partial charge in [-0.3, -0.25) is 10.00 Å². The van der Waals surface area contributed by atoms with Crippen LogP contribution in [0.25, 0.3) is 0 Å². The summed E-state index contributed by atoms with van der Waals surface area (Å²) in [6, 6.07) is 1.24. The molecule has 9 heteroatoms. The molecule has 0 amide bonds. The summed E-state index contributed by atoms with van der Waals surface area (Å²) in [6.45, 7) is 2.41.